The van der Waals surface area contributed by atoms with E-state index in [0.29, 0.717) is 17.5 Å². The van der Waals surface area contributed by atoms with Gasteiger partial charge in [-0.05, 0) is 93.2 Å². The third-order valence-electron chi connectivity index (χ3n) is 10.1. The molecular weight excluding hydrogens is 398 g/mol. The number of nitrogens with one attached hydrogen (secondary N) is 1. The first-order valence-electron chi connectivity index (χ1n) is 12.9. The van der Waals surface area contributed by atoms with E-state index in [0.717, 1.165) is 41.6 Å². The SMILES string of the molecule is CC1(C)[C@H]2CC[C@@H](CCN3C4CCCC3CC(n3c(=O)c(=O)[nH]c5ccccc53)C4)[C@@H]1C2. The highest BCUT2D eigenvalue weighted by molar-refractivity contribution is 5.74. The summed E-state index contributed by atoms with van der Waals surface area (Å²) in [5, 5.41) is 0. The van der Waals surface area contributed by atoms with Gasteiger partial charge in [-0.15, -0.1) is 0 Å². The van der Waals surface area contributed by atoms with Gasteiger partial charge in [0.05, 0.1) is 11.0 Å². The Hall–Kier alpha value is -1.88. The van der Waals surface area contributed by atoms with Gasteiger partial charge in [0.25, 0.3) is 0 Å². The Morgan fingerprint density at radius 3 is 2.44 bits per heavy atom. The minimum atomic E-state index is -0.491. The van der Waals surface area contributed by atoms with Gasteiger partial charge in [0.15, 0.2) is 0 Å². The van der Waals surface area contributed by atoms with Crippen molar-refractivity contribution in [1.29, 1.82) is 0 Å². The van der Waals surface area contributed by atoms with Crippen molar-refractivity contribution in [2.45, 2.75) is 89.8 Å². The smallest absolute Gasteiger partial charge is 0.316 e. The maximum atomic E-state index is 12.9. The monoisotopic (exact) mass is 435 g/mol. The molecule has 3 saturated carbocycles. The third-order valence-corrected chi connectivity index (χ3v) is 10.1. The molecule has 1 aromatic carbocycles. The van der Waals surface area contributed by atoms with Crippen LogP contribution in [0.1, 0.15) is 77.7 Å². The Morgan fingerprint density at radius 1 is 0.969 bits per heavy atom. The van der Waals surface area contributed by atoms with Crippen LogP contribution in [-0.2, 0) is 0 Å². The number of fused-ring (bicyclic) bond motifs is 5. The van der Waals surface area contributed by atoms with Crippen LogP contribution in [-0.4, -0.2) is 33.1 Å². The lowest BCUT2D eigenvalue weighted by Gasteiger charge is -2.60. The summed E-state index contributed by atoms with van der Waals surface area (Å²) < 4.78 is 1.83. The summed E-state index contributed by atoms with van der Waals surface area (Å²) >= 11 is 0. The van der Waals surface area contributed by atoms with E-state index in [-0.39, 0.29) is 11.6 Å². The number of aromatic nitrogens is 2. The minimum absolute atomic E-state index is 0.127. The second-order valence-electron chi connectivity index (χ2n) is 11.7. The molecule has 3 aliphatic carbocycles. The Bertz CT molecular complexity index is 1120. The molecule has 1 aromatic heterocycles. The van der Waals surface area contributed by atoms with Crippen molar-refractivity contribution in [3.05, 3.63) is 45.0 Å². The van der Waals surface area contributed by atoms with Gasteiger partial charge in [-0.1, -0.05) is 32.4 Å². The first kappa shape index (κ1) is 20.7. The molecule has 0 amide bonds. The van der Waals surface area contributed by atoms with E-state index in [1.54, 1.807) is 0 Å². The molecule has 5 heteroatoms. The molecule has 1 N–H and O–H groups in total. The number of piperidine rings is 2. The molecule has 5 atom stereocenters. The molecule has 0 radical (unpaired) electrons. The van der Waals surface area contributed by atoms with Crippen molar-refractivity contribution in [2.24, 2.45) is 23.2 Å². The highest BCUT2D eigenvalue weighted by Crippen LogP contribution is 2.62. The quantitative estimate of drug-likeness (QED) is 0.708. The molecule has 172 valence electrons. The van der Waals surface area contributed by atoms with E-state index >= 15 is 0 Å². The summed E-state index contributed by atoms with van der Waals surface area (Å²) in [5.74, 6) is 2.80. The molecule has 5 aliphatic rings. The molecule has 0 spiro atoms. The Kier molecular flexibility index (Phi) is 4.90. The van der Waals surface area contributed by atoms with Crippen LogP contribution in [0.3, 0.4) is 0 Å². The van der Waals surface area contributed by atoms with Crippen LogP contribution < -0.4 is 11.1 Å². The number of hydrogen-bond acceptors (Lipinski definition) is 3. The third kappa shape index (κ3) is 3.14. The summed E-state index contributed by atoms with van der Waals surface area (Å²) in [6.45, 7) is 6.22. The molecule has 4 bridgehead atoms. The van der Waals surface area contributed by atoms with Gasteiger partial charge >= 0.3 is 11.1 Å². The normalized spacial score (nSPS) is 36.1. The van der Waals surface area contributed by atoms with Gasteiger partial charge < -0.3 is 4.98 Å². The van der Waals surface area contributed by atoms with Gasteiger partial charge in [-0.3, -0.25) is 19.1 Å². The van der Waals surface area contributed by atoms with Gasteiger partial charge in [0.1, 0.15) is 0 Å². The van der Waals surface area contributed by atoms with Crippen molar-refractivity contribution < 1.29 is 0 Å². The number of benzene rings is 1. The largest absolute Gasteiger partial charge is 0.316 e. The molecule has 3 heterocycles. The fourth-order valence-electron chi connectivity index (χ4n) is 8.20. The molecule has 5 nitrogen and oxygen atoms in total. The summed E-state index contributed by atoms with van der Waals surface area (Å²) in [4.78, 5) is 30.9. The summed E-state index contributed by atoms with van der Waals surface area (Å²) in [6, 6.07) is 8.98. The van der Waals surface area contributed by atoms with Crippen molar-refractivity contribution in [2.75, 3.05) is 6.54 Å². The fraction of sp³-hybridized carbons (Fsp3) is 0.704. The van der Waals surface area contributed by atoms with Crippen LogP contribution >= 0.6 is 0 Å². The van der Waals surface area contributed by atoms with Gasteiger partial charge in [0, 0.05) is 18.1 Å². The molecule has 2 aliphatic heterocycles. The molecule has 2 aromatic rings. The Labute approximate surface area is 190 Å². The lowest BCUT2D eigenvalue weighted by molar-refractivity contribution is -0.111. The predicted octanol–water partition coefficient (Wildman–Crippen LogP) is 4.71. The molecule has 2 unspecified atom stereocenters. The van der Waals surface area contributed by atoms with Crippen LogP contribution in [0.5, 0.6) is 0 Å². The first-order chi connectivity index (χ1) is 15.4. The second-order valence-corrected chi connectivity index (χ2v) is 11.7. The predicted molar refractivity (Wildman–Crippen MR) is 128 cm³/mol. The zero-order valence-corrected chi connectivity index (χ0v) is 19.6. The Morgan fingerprint density at radius 2 is 1.72 bits per heavy atom. The molecule has 5 fully saturated rings. The van der Waals surface area contributed by atoms with Crippen molar-refractivity contribution in [3.8, 4) is 0 Å². The van der Waals surface area contributed by atoms with E-state index in [4.69, 9.17) is 0 Å². The van der Waals surface area contributed by atoms with Crippen LogP contribution in [0.25, 0.3) is 11.0 Å². The summed E-state index contributed by atoms with van der Waals surface area (Å²) in [7, 11) is 0. The van der Waals surface area contributed by atoms with E-state index in [9.17, 15) is 9.59 Å². The number of H-pyrrole nitrogens is 1. The zero-order valence-electron chi connectivity index (χ0n) is 19.6. The minimum Gasteiger partial charge on any atom is -0.316 e. The van der Waals surface area contributed by atoms with Gasteiger partial charge in [-0.25, -0.2) is 0 Å². The Balaban J connectivity index is 1.22. The van der Waals surface area contributed by atoms with Crippen molar-refractivity contribution in [1.82, 2.24) is 14.5 Å². The number of para-hydroxylation sites is 2. The van der Waals surface area contributed by atoms with Crippen LogP contribution in [0.15, 0.2) is 33.9 Å². The molecule has 32 heavy (non-hydrogen) atoms. The first-order valence-corrected chi connectivity index (χ1v) is 12.9. The fourth-order valence-corrected chi connectivity index (χ4v) is 8.20. The number of nitrogens with zero attached hydrogens (tertiary/aromatic N) is 2. The number of hydrogen-bond donors (Lipinski definition) is 1. The number of aromatic amines is 1. The maximum absolute atomic E-state index is 12.9. The summed E-state index contributed by atoms with van der Waals surface area (Å²) in [6.07, 6.45) is 11.4. The second kappa shape index (κ2) is 7.58. The lowest BCUT2D eigenvalue weighted by Crippen LogP contribution is -2.56. The zero-order chi connectivity index (χ0) is 22.0. The van der Waals surface area contributed by atoms with Crippen molar-refractivity contribution in [3.63, 3.8) is 0 Å². The topological polar surface area (TPSA) is 58.1 Å². The van der Waals surface area contributed by atoms with E-state index < -0.39 is 5.56 Å². The lowest BCUT2D eigenvalue weighted by atomic mass is 9.45. The van der Waals surface area contributed by atoms with Crippen LogP contribution in [0.2, 0.25) is 0 Å². The van der Waals surface area contributed by atoms with Gasteiger partial charge in [-0.2, -0.15) is 0 Å². The molecular formula is C27H37N3O2. The van der Waals surface area contributed by atoms with Crippen LogP contribution in [0.4, 0.5) is 0 Å². The standard InChI is InChI=1S/C27H37N3O2/c1-27(2)18-11-10-17(22(27)14-18)12-13-29-19-6-5-7-20(29)16-21(15-19)30-24-9-4-3-8-23(24)28-25(31)26(30)32/h3-4,8-9,17-22H,5-7,10-16H2,1-2H3,(H,28,31)/t17-,18-,19?,20?,21?,22-/m0/s1. The van der Waals surface area contributed by atoms with E-state index in [1.807, 2.05) is 28.8 Å². The van der Waals surface area contributed by atoms with E-state index in [2.05, 4.69) is 23.7 Å². The summed E-state index contributed by atoms with van der Waals surface area (Å²) in [5.41, 5.74) is 1.33. The van der Waals surface area contributed by atoms with Crippen molar-refractivity contribution >= 4 is 11.0 Å². The van der Waals surface area contributed by atoms with E-state index in [1.165, 1.54) is 51.5 Å². The average molecular weight is 436 g/mol. The molecule has 7 rings (SSSR count). The average Bonchev–Trinajstić information content (AvgIpc) is 2.78. The highest BCUT2D eigenvalue weighted by Gasteiger charge is 2.54. The van der Waals surface area contributed by atoms with Gasteiger partial charge in [0.2, 0.25) is 0 Å². The highest BCUT2D eigenvalue weighted by atomic mass is 16.2. The van der Waals surface area contributed by atoms with Crippen LogP contribution in [0, 0.1) is 23.2 Å². The number of rotatable bonds is 4. The molecule has 2 saturated heterocycles. The maximum Gasteiger partial charge on any atom is 0.316 e.